The van der Waals surface area contributed by atoms with Crippen LogP contribution in [0.5, 0.6) is 0 Å². The number of hydrogen-bond acceptors (Lipinski definition) is 4. The van der Waals surface area contributed by atoms with E-state index in [0.717, 1.165) is 10.1 Å². The quantitative estimate of drug-likeness (QED) is 0.512. The summed E-state index contributed by atoms with van der Waals surface area (Å²) in [7, 11) is 1.62. The Kier molecular flexibility index (Phi) is 4.26. The molecule has 0 unspecified atom stereocenters. The Bertz CT molecular complexity index is 712. The minimum absolute atomic E-state index is 0.191. The van der Waals surface area contributed by atoms with Gasteiger partial charge in [0.1, 0.15) is 6.54 Å². The molecule has 0 radical (unpaired) electrons. The summed E-state index contributed by atoms with van der Waals surface area (Å²) in [6, 6.07) is 7.08. The Morgan fingerprint density at radius 1 is 1.35 bits per heavy atom. The molecule has 1 aromatic carbocycles. The summed E-state index contributed by atoms with van der Waals surface area (Å²) in [6.45, 7) is -0.191. The van der Waals surface area contributed by atoms with Crippen molar-refractivity contribution in [1.29, 1.82) is 0 Å². The fourth-order valence-corrected chi connectivity index (χ4v) is 1.66. The first-order valence-electron chi connectivity index (χ1n) is 5.83. The third-order valence-corrected chi connectivity index (χ3v) is 2.90. The van der Waals surface area contributed by atoms with E-state index in [1.807, 2.05) is 6.07 Å². The van der Waals surface area contributed by atoms with Crippen molar-refractivity contribution >= 4 is 34.0 Å². The van der Waals surface area contributed by atoms with Crippen LogP contribution in [-0.2, 0) is 11.3 Å². The standard InChI is InChI=1S/C12H13N5O2S/c1-13-12(20)16-15-10(18)7-17-11(19)9-5-3-2-4-8(9)6-14-17/h2-6H,7H2,1H3,(H,15,18)(H2,13,16,20). The Hall–Kier alpha value is -2.48. The average molecular weight is 291 g/mol. The van der Waals surface area contributed by atoms with Crippen LogP contribution in [0.3, 0.4) is 0 Å². The zero-order valence-corrected chi connectivity index (χ0v) is 11.5. The lowest BCUT2D eigenvalue weighted by Crippen LogP contribution is -2.47. The minimum Gasteiger partial charge on any atom is -0.364 e. The summed E-state index contributed by atoms with van der Waals surface area (Å²) in [5, 5.41) is 8.14. The van der Waals surface area contributed by atoms with Crippen molar-refractivity contribution in [3.8, 4) is 0 Å². The van der Waals surface area contributed by atoms with Gasteiger partial charge in [0.15, 0.2) is 5.11 Å². The van der Waals surface area contributed by atoms with E-state index < -0.39 is 5.91 Å². The number of nitrogens with zero attached hydrogens (tertiary/aromatic N) is 2. The highest BCUT2D eigenvalue weighted by Gasteiger charge is 2.08. The van der Waals surface area contributed by atoms with Gasteiger partial charge in [0.2, 0.25) is 0 Å². The van der Waals surface area contributed by atoms with Gasteiger partial charge < -0.3 is 5.32 Å². The maximum absolute atomic E-state index is 12.1. The molecule has 0 bridgehead atoms. The highest BCUT2D eigenvalue weighted by molar-refractivity contribution is 7.80. The number of aromatic nitrogens is 2. The van der Waals surface area contributed by atoms with Crippen LogP contribution in [0.15, 0.2) is 35.3 Å². The van der Waals surface area contributed by atoms with Crippen molar-refractivity contribution in [2.24, 2.45) is 0 Å². The van der Waals surface area contributed by atoms with Gasteiger partial charge in [0.05, 0.1) is 11.6 Å². The summed E-state index contributed by atoms with van der Waals surface area (Å²) in [5.41, 5.74) is 4.54. The number of fused-ring (bicyclic) bond motifs is 1. The van der Waals surface area contributed by atoms with Crippen LogP contribution in [0.25, 0.3) is 10.8 Å². The first-order valence-corrected chi connectivity index (χ1v) is 6.24. The number of carbonyl (C=O) groups excluding carboxylic acids is 1. The first kappa shape index (κ1) is 13.9. The van der Waals surface area contributed by atoms with Crippen molar-refractivity contribution < 1.29 is 4.79 Å². The second-order valence-corrected chi connectivity index (χ2v) is 4.36. The Morgan fingerprint density at radius 3 is 2.85 bits per heavy atom. The molecule has 0 atom stereocenters. The third kappa shape index (κ3) is 3.09. The number of amides is 1. The normalized spacial score (nSPS) is 10.1. The van der Waals surface area contributed by atoms with E-state index in [1.165, 1.54) is 0 Å². The summed E-state index contributed by atoms with van der Waals surface area (Å²) in [6.07, 6.45) is 1.55. The molecule has 1 aromatic heterocycles. The number of hydrogen-bond donors (Lipinski definition) is 3. The summed E-state index contributed by atoms with van der Waals surface area (Å²) >= 11 is 4.81. The number of nitrogens with one attached hydrogen (secondary N) is 3. The molecule has 0 saturated carbocycles. The second-order valence-electron chi connectivity index (χ2n) is 3.95. The van der Waals surface area contributed by atoms with Crippen LogP contribution >= 0.6 is 12.2 Å². The van der Waals surface area contributed by atoms with Crippen molar-refractivity contribution in [2.75, 3.05) is 7.05 Å². The van der Waals surface area contributed by atoms with Crippen LogP contribution < -0.4 is 21.7 Å². The fourth-order valence-electron chi connectivity index (χ4n) is 1.60. The molecular weight excluding hydrogens is 278 g/mol. The van der Waals surface area contributed by atoms with E-state index in [1.54, 1.807) is 31.4 Å². The molecule has 20 heavy (non-hydrogen) atoms. The predicted molar refractivity (Wildman–Crippen MR) is 78.9 cm³/mol. The highest BCUT2D eigenvalue weighted by Crippen LogP contribution is 2.05. The maximum atomic E-state index is 12.1. The second kappa shape index (κ2) is 6.11. The number of carbonyl (C=O) groups is 1. The topological polar surface area (TPSA) is 88.0 Å². The highest BCUT2D eigenvalue weighted by atomic mass is 32.1. The van der Waals surface area contributed by atoms with Crippen LogP contribution in [0.4, 0.5) is 0 Å². The van der Waals surface area contributed by atoms with Crippen molar-refractivity contribution in [2.45, 2.75) is 6.54 Å². The van der Waals surface area contributed by atoms with Gasteiger partial charge in [-0.15, -0.1) is 0 Å². The van der Waals surface area contributed by atoms with Crippen molar-refractivity contribution in [1.82, 2.24) is 25.9 Å². The van der Waals surface area contributed by atoms with E-state index in [0.29, 0.717) is 5.39 Å². The van der Waals surface area contributed by atoms with Gasteiger partial charge in [0.25, 0.3) is 11.5 Å². The molecule has 1 amide bonds. The minimum atomic E-state index is -0.424. The number of rotatable bonds is 2. The first-order chi connectivity index (χ1) is 9.61. The number of thiocarbonyl (C=S) groups is 1. The molecule has 3 N–H and O–H groups in total. The smallest absolute Gasteiger partial charge is 0.275 e. The monoisotopic (exact) mass is 291 g/mol. The van der Waals surface area contributed by atoms with Gasteiger partial charge in [-0.3, -0.25) is 20.4 Å². The van der Waals surface area contributed by atoms with Crippen LogP contribution in [-0.4, -0.2) is 27.8 Å². The maximum Gasteiger partial charge on any atom is 0.275 e. The molecule has 104 valence electrons. The molecule has 0 aliphatic heterocycles. The molecule has 8 heteroatoms. The molecule has 7 nitrogen and oxygen atoms in total. The number of hydrazine groups is 1. The lowest BCUT2D eigenvalue weighted by Gasteiger charge is -2.09. The van der Waals surface area contributed by atoms with Gasteiger partial charge in [-0.05, 0) is 18.3 Å². The molecule has 2 aromatic rings. The zero-order valence-electron chi connectivity index (χ0n) is 10.7. The van der Waals surface area contributed by atoms with E-state index in [4.69, 9.17) is 12.2 Å². The number of benzene rings is 1. The van der Waals surface area contributed by atoms with Crippen LogP contribution in [0.2, 0.25) is 0 Å². The Balaban J connectivity index is 2.14. The van der Waals surface area contributed by atoms with E-state index in [-0.39, 0.29) is 17.2 Å². The van der Waals surface area contributed by atoms with Gasteiger partial charge in [0, 0.05) is 12.4 Å². The zero-order chi connectivity index (χ0) is 14.5. The van der Waals surface area contributed by atoms with E-state index in [9.17, 15) is 9.59 Å². The fraction of sp³-hybridized carbons (Fsp3) is 0.167. The molecule has 0 aliphatic carbocycles. The largest absolute Gasteiger partial charge is 0.364 e. The van der Waals surface area contributed by atoms with Crippen LogP contribution in [0, 0.1) is 0 Å². The van der Waals surface area contributed by atoms with Gasteiger partial charge in [-0.25, -0.2) is 4.68 Å². The molecule has 0 aliphatic rings. The van der Waals surface area contributed by atoms with Gasteiger partial charge in [-0.1, -0.05) is 18.2 Å². The Labute approximate surface area is 119 Å². The molecule has 0 saturated heterocycles. The molecule has 1 heterocycles. The van der Waals surface area contributed by atoms with E-state index >= 15 is 0 Å². The molecular formula is C12H13N5O2S. The molecule has 2 rings (SSSR count). The molecule has 0 fully saturated rings. The molecule has 0 spiro atoms. The lowest BCUT2D eigenvalue weighted by atomic mass is 10.2. The lowest BCUT2D eigenvalue weighted by molar-refractivity contribution is -0.122. The Morgan fingerprint density at radius 2 is 2.10 bits per heavy atom. The predicted octanol–water partition coefficient (Wildman–Crippen LogP) is -0.478. The van der Waals surface area contributed by atoms with Crippen LogP contribution in [0.1, 0.15) is 0 Å². The summed E-state index contributed by atoms with van der Waals surface area (Å²) < 4.78 is 1.10. The van der Waals surface area contributed by atoms with E-state index in [2.05, 4.69) is 21.3 Å². The SMILES string of the molecule is CNC(=S)NNC(=O)Cn1ncc2ccccc2c1=O. The van der Waals surface area contributed by atoms with Crippen molar-refractivity contribution in [3.63, 3.8) is 0 Å². The average Bonchev–Trinajstić information content (AvgIpc) is 2.48. The summed E-state index contributed by atoms with van der Waals surface area (Å²) in [5.74, 6) is -0.424. The third-order valence-electron chi connectivity index (χ3n) is 2.60. The van der Waals surface area contributed by atoms with Gasteiger partial charge >= 0.3 is 0 Å². The van der Waals surface area contributed by atoms with Crippen molar-refractivity contribution in [3.05, 3.63) is 40.8 Å². The summed E-state index contributed by atoms with van der Waals surface area (Å²) in [4.78, 5) is 23.8. The van der Waals surface area contributed by atoms with Gasteiger partial charge in [-0.2, -0.15) is 5.10 Å².